The van der Waals surface area contributed by atoms with Gasteiger partial charge in [0.1, 0.15) is 0 Å². The summed E-state index contributed by atoms with van der Waals surface area (Å²) in [5, 5.41) is 1.81. The van der Waals surface area contributed by atoms with Crippen LogP contribution < -0.4 is 11.6 Å². The van der Waals surface area contributed by atoms with Crippen molar-refractivity contribution in [3.63, 3.8) is 0 Å². The third kappa shape index (κ3) is 3.16. The van der Waals surface area contributed by atoms with Crippen LogP contribution in [-0.4, -0.2) is 11.1 Å². The Morgan fingerprint density at radius 3 is 2.16 bits per heavy atom. The molecule has 1 atom stereocenters. The summed E-state index contributed by atoms with van der Waals surface area (Å²) in [6.45, 7) is 8.75. The molecule has 1 unspecified atom stereocenters. The van der Waals surface area contributed by atoms with Crippen molar-refractivity contribution in [1.82, 2.24) is 5.01 Å². The first-order valence-electron chi connectivity index (χ1n) is 9.13. The van der Waals surface area contributed by atoms with E-state index in [1.54, 1.807) is 5.01 Å². The van der Waals surface area contributed by atoms with Crippen LogP contribution in [0.4, 0.5) is 0 Å². The van der Waals surface area contributed by atoms with E-state index in [1.807, 2.05) is 0 Å². The summed E-state index contributed by atoms with van der Waals surface area (Å²) in [6, 6.07) is 17.2. The molecule has 0 aliphatic heterocycles. The highest BCUT2D eigenvalue weighted by Crippen LogP contribution is 2.39. The van der Waals surface area contributed by atoms with E-state index < -0.39 is 0 Å². The standard InChI is InChI=1S/C22H29N3/c1-14(2)20-13-16-9-5-6-10-17(16)22(25(24)15(3)4)21(23)19-12-8-7-11-18(19)20/h5-12,14-15,20H,13,23-24H2,1-4H3/b22-21-. The molecule has 25 heavy (non-hydrogen) atoms. The van der Waals surface area contributed by atoms with Crippen LogP contribution in [0.5, 0.6) is 0 Å². The van der Waals surface area contributed by atoms with Gasteiger partial charge in [-0.25, -0.2) is 5.84 Å². The lowest BCUT2D eigenvalue weighted by Crippen LogP contribution is -2.38. The van der Waals surface area contributed by atoms with Crippen LogP contribution in [0.2, 0.25) is 0 Å². The van der Waals surface area contributed by atoms with E-state index in [-0.39, 0.29) is 6.04 Å². The minimum Gasteiger partial charge on any atom is -0.396 e. The summed E-state index contributed by atoms with van der Waals surface area (Å²) in [4.78, 5) is 0. The first-order valence-corrected chi connectivity index (χ1v) is 9.13. The van der Waals surface area contributed by atoms with Crippen molar-refractivity contribution in [2.75, 3.05) is 0 Å². The summed E-state index contributed by atoms with van der Waals surface area (Å²) in [5.74, 6) is 7.43. The van der Waals surface area contributed by atoms with Gasteiger partial charge >= 0.3 is 0 Å². The van der Waals surface area contributed by atoms with Crippen molar-refractivity contribution in [2.45, 2.75) is 46.1 Å². The maximum atomic E-state index is 6.73. The second-order valence-corrected chi connectivity index (χ2v) is 7.56. The average molecular weight is 335 g/mol. The highest BCUT2D eigenvalue weighted by atomic mass is 15.4. The van der Waals surface area contributed by atoms with E-state index in [2.05, 4.69) is 76.2 Å². The van der Waals surface area contributed by atoms with Crippen molar-refractivity contribution >= 4 is 11.4 Å². The predicted molar refractivity (Wildman–Crippen MR) is 106 cm³/mol. The average Bonchev–Trinajstić information content (AvgIpc) is 2.59. The summed E-state index contributed by atoms with van der Waals surface area (Å²) in [7, 11) is 0. The lowest BCUT2D eigenvalue weighted by molar-refractivity contribution is 0.343. The molecule has 4 N–H and O–H groups in total. The molecule has 3 nitrogen and oxygen atoms in total. The topological polar surface area (TPSA) is 55.3 Å². The van der Waals surface area contributed by atoms with Crippen molar-refractivity contribution in [2.24, 2.45) is 17.5 Å². The van der Waals surface area contributed by atoms with E-state index in [9.17, 15) is 0 Å². The Kier molecular flexibility index (Phi) is 4.87. The molecule has 0 bridgehead atoms. The van der Waals surface area contributed by atoms with E-state index in [1.165, 1.54) is 11.1 Å². The van der Waals surface area contributed by atoms with E-state index in [0.29, 0.717) is 11.8 Å². The number of hydrazine groups is 1. The number of nitrogens with two attached hydrogens (primary N) is 2. The maximum absolute atomic E-state index is 6.73. The van der Waals surface area contributed by atoms with Gasteiger partial charge in [0.2, 0.25) is 0 Å². The predicted octanol–water partition coefficient (Wildman–Crippen LogP) is 4.35. The number of hydrogen-bond donors (Lipinski definition) is 2. The van der Waals surface area contributed by atoms with Crippen molar-refractivity contribution in [1.29, 1.82) is 0 Å². The Labute approximate surface area is 151 Å². The summed E-state index contributed by atoms with van der Waals surface area (Å²) < 4.78 is 0. The molecule has 0 fully saturated rings. The zero-order valence-electron chi connectivity index (χ0n) is 15.7. The Morgan fingerprint density at radius 1 is 0.920 bits per heavy atom. The van der Waals surface area contributed by atoms with Gasteiger partial charge in [0.05, 0.1) is 11.4 Å². The lowest BCUT2D eigenvalue weighted by atomic mass is 9.77. The fourth-order valence-corrected chi connectivity index (χ4v) is 3.75. The molecule has 0 spiro atoms. The minimum atomic E-state index is 0.161. The molecule has 0 radical (unpaired) electrons. The van der Waals surface area contributed by atoms with E-state index in [0.717, 1.165) is 28.9 Å². The van der Waals surface area contributed by atoms with Crippen LogP contribution in [0.3, 0.4) is 0 Å². The molecular formula is C22H29N3. The maximum Gasteiger partial charge on any atom is 0.0831 e. The molecule has 3 rings (SSSR count). The van der Waals surface area contributed by atoms with E-state index in [4.69, 9.17) is 11.6 Å². The number of nitrogens with zero attached hydrogens (tertiary/aromatic N) is 1. The highest BCUT2D eigenvalue weighted by Gasteiger charge is 2.28. The molecule has 2 aromatic rings. The first kappa shape index (κ1) is 17.6. The van der Waals surface area contributed by atoms with Crippen molar-refractivity contribution in [3.05, 3.63) is 70.8 Å². The summed E-state index contributed by atoms with van der Waals surface area (Å²) in [5.41, 5.74) is 13.3. The largest absolute Gasteiger partial charge is 0.396 e. The zero-order valence-corrected chi connectivity index (χ0v) is 15.7. The molecule has 1 aliphatic carbocycles. The number of benzene rings is 2. The zero-order chi connectivity index (χ0) is 18.1. The van der Waals surface area contributed by atoms with E-state index >= 15 is 0 Å². The highest BCUT2D eigenvalue weighted by molar-refractivity contribution is 5.90. The summed E-state index contributed by atoms with van der Waals surface area (Å²) >= 11 is 0. The Bertz CT molecular complexity index is 789. The Hall–Kier alpha value is -2.26. The monoisotopic (exact) mass is 335 g/mol. The van der Waals surface area contributed by atoms with Gasteiger partial charge in [-0.1, -0.05) is 62.4 Å². The Balaban J connectivity index is 2.35. The molecule has 3 heteroatoms. The van der Waals surface area contributed by atoms with Crippen LogP contribution in [0.25, 0.3) is 11.4 Å². The van der Waals surface area contributed by atoms with Crippen LogP contribution in [0.15, 0.2) is 48.5 Å². The SMILES string of the molecule is CC(C)C1Cc2ccccc2/C(N(N)C(C)C)=C(/N)c2ccccc21. The van der Waals surface area contributed by atoms with Gasteiger partial charge in [0, 0.05) is 17.2 Å². The van der Waals surface area contributed by atoms with Crippen LogP contribution >= 0.6 is 0 Å². The molecule has 0 amide bonds. The van der Waals surface area contributed by atoms with Crippen LogP contribution in [0.1, 0.15) is 55.9 Å². The smallest absolute Gasteiger partial charge is 0.0831 e. The second-order valence-electron chi connectivity index (χ2n) is 7.56. The third-order valence-electron chi connectivity index (χ3n) is 5.24. The molecular weight excluding hydrogens is 306 g/mol. The van der Waals surface area contributed by atoms with Crippen LogP contribution in [0, 0.1) is 5.92 Å². The molecule has 0 heterocycles. The third-order valence-corrected chi connectivity index (χ3v) is 5.24. The molecule has 2 aromatic carbocycles. The van der Waals surface area contributed by atoms with Gasteiger partial charge in [0.15, 0.2) is 0 Å². The number of fused-ring (bicyclic) bond motifs is 2. The molecule has 0 saturated carbocycles. The fourth-order valence-electron chi connectivity index (χ4n) is 3.75. The van der Waals surface area contributed by atoms with Gasteiger partial charge in [-0.2, -0.15) is 0 Å². The summed E-state index contributed by atoms with van der Waals surface area (Å²) in [6.07, 6.45) is 0.994. The quantitative estimate of drug-likeness (QED) is 0.647. The van der Waals surface area contributed by atoms with Crippen LogP contribution in [-0.2, 0) is 6.42 Å². The van der Waals surface area contributed by atoms with Gasteiger partial charge in [0.25, 0.3) is 0 Å². The minimum absolute atomic E-state index is 0.161. The lowest BCUT2D eigenvalue weighted by Gasteiger charge is -2.34. The molecule has 0 saturated heterocycles. The number of hydrogen-bond acceptors (Lipinski definition) is 3. The van der Waals surface area contributed by atoms with Gasteiger partial charge in [-0.15, -0.1) is 0 Å². The normalized spacial score (nSPS) is 20.0. The van der Waals surface area contributed by atoms with Crippen molar-refractivity contribution < 1.29 is 0 Å². The fraction of sp³-hybridized carbons (Fsp3) is 0.364. The first-order chi connectivity index (χ1) is 11.9. The molecule has 1 aliphatic rings. The van der Waals surface area contributed by atoms with Gasteiger partial charge in [-0.3, -0.25) is 0 Å². The Morgan fingerprint density at radius 2 is 1.52 bits per heavy atom. The van der Waals surface area contributed by atoms with Crippen molar-refractivity contribution in [3.8, 4) is 0 Å². The van der Waals surface area contributed by atoms with Gasteiger partial charge in [-0.05, 0) is 43.2 Å². The number of rotatable bonds is 3. The second kappa shape index (κ2) is 6.93. The molecule has 0 aromatic heterocycles. The molecule has 132 valence electrons. The van der Waals surface area contributed by atoms with Gasteiger partial charge < -0.3 is 10.7 Å².